The summed E-state index contributed by atoms with van der Waals surface area (Å²) in [6, 6.07) is 17.2. The monoisotopic (exact) mass is 423 g/mol. The van der Waals surface area contributed by atoms with E-state index in [0.717, 1.165) is 36.4 Å². The van der Waals surface area contributed by atoms with Gasteiger partial charge in [0.05, 0.1) is 18.3 Å². The molecule has 0 spiro atoms. The number of amidine groups is 1. The summed E-state index contributed by atoms with van der Waals surface area (Å²) in [4.78, 5) is 32.1. The number of para-hydroxylation sites is 2. The van der Waals surface area contributed by atoms with E-state index in [9.17, 15) is 9.59 Å². The lowest BCUT2D eigenvalue weighted by atomic mass is 10.2. The molecule has 2 aliphatic rings. The largest absolute Gasteiger partial charge is 0.376 e. The summed E-state index contributed by atoms with van der Waals surface area (Å²) in [6.07, 6.45) is 2.07. The summed E-state index contributed by atoms with van der Waals surface area (Å²) < 4.78 is 5.73. The first kappa shape index (κ1) is 20.6. The highest BCUT2D eigenvalue weighted by atomic mass is 32.2. The van der Waals surface area contributed by atoms with Crippen LogP contribution in [0.3, 0.4) is 0 Å². The number of thioether (sulfide) groups is 1. The van der Waals surface area contributed by atoms with Crippen LogP contribution in [0.25, 0.3) is 0 Å². The smallest absolute Gasteiger partial charge is 0.242 e. The lowest BCUT2D eigenvalue weighted by Crippen LogP contribution is -2.38. The maximum atomic E-state index is 13.1. The molecule has 0 bridgehead atoms. The number of benzene rings is 2. The maximum absolute atomic E-state index is 13.1. The zero-order valence-corrected chi connectivity index (χ0v) is 17.7. The Bertz CT molecular complexity index is 942. The Morgan fingerprint density at radius 1 is 1.20 bits per heavy atom. The molecule has 0 aromatic heterocycles. The van der Waals surface area contributed by atoms with Crippen LogP contribution >= 0.6 is 11.8 Å². The second-order valence-corrected chi connectivity index (χ2v) is 8.66. The van der Waals surface area contributed by atoms with Crippen molar-refractivity contribution in [2.75, 3.05) is 18.5 Å². The molecule has 0 saturated carbocycles. The van der Waals surface area contributed by atoms with Crippen molar-refractivity contribution < 1.29 is 14.3 Å². The molecule has 2 atom stereocenters. The molecule has 0 unspecified atom stereocenters. The highest BCUT2D eigenvalue weighted by Crippen LogP contribution is 2.33. The van der Waals surface area contributed by atoms with E-state index in [4.69, 9.17) is 4.74 Å². The van der Waals surface area contributed by atoms with Crippen LogP contribution in [0, 0.1) is 6.92 Å². The molecule has 30 heavy (non-hydrogen) atoms. The van der Waals surface area contributed by atoms with Gasteiger partial charge in [-0.3, -0.25) is 14.5 Å². The Morgan fingerprint density at radius 2 is 1.97 bits per heavy atom. The van der Waals surface area contributed by atoms with E-state index in [1.807, 2.05) is 61.5 Å². The average Bonchev–Trinajstić information content (AvgIpc) is 3.35. The zero-order valence-electron chi connectivity index (χ0n) is 16.9. The minimum absolute atomic E-state index is 0.0232. The zero-order chi connectivity index (χ0) is 20.9. The predicted molar refractivity (Wildman–Crippen MR) is 120 cm³/mol. The van der Waals surface area contributed by atoms with Gasteiger partial charge in [-0.1, -0.05) is 48.2 Å². The van der Waals surface area contributed by atoms with Crippen LogP contribution in [0.1, 0.15) is 24.8 Å². The van der Waals surface area contributed by atoms with Crippen molar-refractivity contribution in [1.29, 1.82) is 0 Å². The lowest BCUT2D eigenvalue weighted by Gasteiger charge is -2.20. The van der Waals surface area contributed by atoms with E-state index in [0.29, 0.717) is 11.7 Å². The quantitative estimate of drug-likeness (QED) is 0.758. The number of rotatable bonds is 6. The Labute approximate surface area is 180 Å². The summed E-state index contributed by atoms with van der Waals surface area (Å²) in [5.74, 6) is -0.252. The molecule has 1 N–H and O–H groups in total. The summed E-state index contributed by atoms with van der Waals surface area (Å²) in [5.41, 5.74) is 2.55. The molecule has 2 aromatic carbocycles. The first-order valence-corrected chi connectivity index (χ1v) is 11.1. The van der Waals surface area contributed by atoms with Crippen molar-refractivity contribution in [3.8, 4) is 0 Å². The van der Waals surface area contributed by atoms with E-state index in [1.54, 1.807) is 4.90 Å². The number of hydrogen-bond acceptors (Lipinski definition) is 5. The maximum Gasteiger partial charge on any atom is 0.242 e. The summed E-state index contributed by atoms with van der Waals surface area (Å²) in [5, 5.41) is 3.07. The van der Waals surface area contributed by atoms with Crippen molar-refractivity contribution in [1.82, 2.24) is 4.90 Å². The topological polar surface area (TPSA) is 71.0 Å². The minimum atomic E-state index is -0.488. The van der Waals surface area contributed by atoms with Gasteiger partial charge in [0.1, 0.15) is 5.25 Å². The molecule has 6 nitrogen and oxygen atoms in total. The first-order valence-electron chi connectivity index (χ1n) is 10.2. The Kier molecular flexibility index (Phi) is 6.50. The minimum Gasteiger partial charge on any atom is -0.376 e. The number of anilines is 1. The highest BCUT2D eigenvalue weighted by molar-refractivity contribution is 8.15. The molecule has 2 fully saturated rings. The number of carbonyl (C=O) groups excluding carboxylic acids is 2. The first-order chi connectivity index (χ1) is 14.6. The lowest BCUT2D eigenvalue weighted by molar-refractivity contribution is -0.129. The third kappa shape index (κ3) is 4.91. The molecule has 7 heteroatoms. The predicted octanol–water partition coefficient (Wildman–Crippen LogP) is 4.13. The molecule has 2 aliphatic heterocycles. The number of amides is 2. The summed E-state index contributed by atoms with van der Waals surface area (Å²) in [6.45, 7) is 3.15. The second kappa shape index (κ2) is 9.45. The number of nitrogens with one attached hydrogen (secondary N) is 1. The van der Waals surface area contributed by atoms with Gasteiger partial charge in [0.2, 0.25) is 11.8 Å². The van der Waals surface area contributed by atoms with Gasteiger partial charge < -0.3 is 10.1 Å². The van der Waals surface area contributed by atoms with Crippen molar-refractivity contribution >= 4 is 40.1 Å². The Hall–Kier alpha value is -2.64. The standard InChI is InChI=1S/C23H25N3O3S/c1-16-8-5-6-12-19(16)25-21(27)14-20-22(28)26(15-18-11-7-13-29-18)23(30-20)24-17-9-3-2-4-10-17/h2-6,8-10,12,18,20H,7,11,13-15H2,1H3,(H,25,27)/t18-,20-/m0/s1. The molecule has 156 valence electrons. The van der Waals surface area contributed by atoms with E-state index >= 15 is 0 Å². The second-order valence-electron chi connectivity index (χ2n) is 7.49. The van der Waals surface area contributed by atoms with Gasteiger partial charge >= 0.3 is 0 Å². The fourth-order valence-electron chi connectivity index (χ4n) is 3.58. The number of aliphatic imine (C=N–C) groups is 1. The fraction of sp³-hybridized carbons (Fsp3) is 0.348. The van der Waals surface area contributed by atoms with Crippen LogP contribution < -0.4 is 5.32 Å². The van der Waals surface area contributed by atoms with Gasteiger partial charge in [-0.2, -0.15) is 0 Å². The third-order valence-electron chi connectivity index (χ3n) is 5.20. The molecule has 4 rings (SSSR count). The molecule has 2 amide bonds. The highest BCUT2D eigenvalue weighted by Gasteiger charge is 2.40. The Morgan fingerprint density at radius 3 is 2.70 bits per heavy atom. The van der Waals surface area contributed by atoms with E-state index in [1.165, 1.54) is 11.8 Å². The normalized spacial score (nSPS) is 22.6. The van der Waals surface area contributed by atoms with Gasteiger partial charge in [0, 0.05) is 18.7 Å². The molecule has 2 heterocycles. The van der Waals surface area contributed by atoms with Gasteiger partial charge in [-0.15, -0.1) is 0 Å². The number of carbonyl (C=O) groups is 2. The van der Waals surface area contributed by atoms with Crippen LogP contribution in [0.4, 0.5) is 11.4 Å². The number of aryl methyl sites for hydroxylation is 1. The number of ether oxygens (including phenoxy) is 1. The van der Waals surface area contributed by atoms with E-state index in [2.05, 4.69) is 10.3 Å². The van der Waals surface area contributed by atoms with Gasteiger partial charge in [-0.25, -0.2) is 4.99 Å². The van der Waals surface area contributed by atoms with E-state index < -0.39 is 5.25 Å². The van der Waals surface area contributed by atoms with Crippen LogP contribution in [0.15, 0.2) is 59.6 Å². The van der Waals surface area contributed by atoms with Gasteiger partial charge in [-0.05, 0) is 43.5 Å². The van der Waals surface area contributed by atoms with Crippen molar-refractivity contribution in [2.24, 2.45) is 4.99 Å². The number of hydrogen-bond donors (Lipinski definition) is 1. The third-order valence-corrected chi connectivity index (χ3v) is 6.38. The molecular formula is C23H25N3O3S. The van der Waals surface area contributed by atoms with Crippen LogP contribution in [-0.4, -0.2) is 46.4 Å². The molecule has 2 saturated heterocycles. The van der Waals surface area contributed by atoms with Crippen LogP contribution in [0.2, 0.25) is 0 Å². The molecule has 0 aliphatic carbocycles. The summed E-state index contributed by atoms with van der Waals surface area (Å²) >= 11 is 1.36. The Balaban J connectivity index is 1.49. The van der Waals surface area contributed by atoms with Crippen molar-refractivity contribution in [3.63, 3.8) is 0 Å². The molecule has 0 radical (unpaired) electrons. The fourth-order valence-corrected chi connectivity index (χ4v) is 4.75. The molecule has 2 aromatic rings. The van der Waals surface area contributed by atoms with Crippen LogP contribution in [-0.2, 0) is 14.3 Å². The summed E-state index contributed by atoms with van der Waals surface area (Å²) in [7, 11) is 0. The van der Waals surface area contributed by atoms with E-state index in [-0.39, 0.29) is 24.3 Å². The van der Waals surface area contributed by atoms with Crippen molar-refractivity contribution in [3.05, 3.63) is 60.2 Å². The van der Waals surface area contributed by atoms with Gasteiger partial charge in [0.15, 0.2) is 5.17 Å². The average molecular weight is 424 g/mol. The van der Waals surface area contributed by atoms with Crippen molar-refractivity contribution in [2.45, 2.75) is 37.5 Å². The molecular weight excluding hydrogens is 398 g/mol. The SMILES string of the molecule is Cc1ccccc1NC(=O)C[C@@H]1SC(=Nc2ccccc2)N(C[C@@H]2CCCO2)C1=O. The van der Waals surface area contributed by atoms with Crippen LogP contribution in [0.5, 0.6) is 0 Å². The van der Waals surface area contributed by atoms with Gasteiger partial charge in [0.25, 0.3) is 0 Å². The number of nitrogens with zero attached hydrogens (tertiary/aromatic N) is 2.